The Morgan fingerprint density at radius 2 is 2.07 bits per heavy atom. The van der Waals surface area contributed by atoms with Gasteiger partial charge in [0.05, 0.1) is 0 Å². The lowest BCUT2D eigenvalue weighted by molar-refractivity contribution is 0.0702. The van der Waals surface area contributed by atoms with Crippen LogP contribution in [0.2, 0.25) is 0 Å². The average molecular weight is 283 g/mol. The van der Waals surface area contributed by atoms with Gasteiger partial charge in [-0.2, -0.15) is 0 Å². The molecule has 0 amide bonds. The van der Waals surface area contributed by atoms with Crippen LogP contribution in [-0.2, 0) is 0 Å². The second-order valence-electron chi connectivity index (χ2n) is 3.02. The van der Waals surface area contributed by atoms with E-state index in [1.54, 1.807) is 6.07 Å². The molecule has 0 radical (unpaired) electrons. The van der Waals surface area contributed by atoms with E-state index in [4.69, 9.17) is 5.11 Å². The van der Waals surface area contributed by atoms with E-state index in [2.05, 4.69) is 15.9 Å². The summed E-state index contributed by atoms with van der Waals surface area (Å²) in [5.41, 5.74) is 1.96. The Bertz CT molecular complexity index is 505. The van der Waals surface area contributed by atoms with Crippen molar-refractivity contribution in [3.05, 3.63) is 45.1 Å². The Morgan fingerprint density at radius 3 is 2.67 bits per heavy atom. The molecule has 0 unspecified atom stereocenters. The van der Waals surface area contributed by atoms with Crippen LogP contribution in [0.25, 0.3) is 11.1 Å². The van der Waals surface area contributed by atoms with Crippen molar-refractivity contribution < 1.29 is 9.90 Å². The number of hydrogen-bond donors (Lipinski definition) is 1. The van der Waals surface area contributed by atoms with E-state index in [1.165, 1.54) is 11.3 Å². The fourth-order valence-corrected chi connectivity index (χ4v) is 2.42. The van der Waals surface area contributed by atoms with Crippen molar-refractivity contribution in [2.24, 2.45) is 0 Å². The van der Waals surface area contributed by atoms with Gasteiger partial charge in [0.1, 0.15) is 4.88 Å². The van der Waals surface area contributed by atoms with Crippen LogP contribution in [0.5, 0.6) is 0 Å². The van der Waals surface area contributed by atoms with E-state index in [-0.39, 0.29) is 0 Å². The van der Waals surface area contributed by atoms with Gasteiger partial charge >= 0.3 is 5.97 Å². The summed E-state index contributed by atoms with van der Waals surface area (Å²) in [6.07, 6.45) is 0. The van der Waals surface area contributed by atoms with E-state index in [9.17, 15) is 4.79 Å². The topological polar surface area (TPSA) is 37.3 Å². The van der Waals surface area contributed by atoms with Gasteiger partial charge in [-0.05, 0) is 34.7 Å². The predicted octanol–water partition coefficient (Wildman–Crippen LogP) is 3.88. The number of thiophene rings is 1. The first-order chi connectivity index (χ1) is 7.16. The number of benzene rings is 1. The molecule has 15 heavy (non-hydrogen) atoms. The Labute approximate surface area is 99.3 Å². The van der Waals surface area contributed by atoms with Crippen LogP contribution in [0, 0.1) is 0 Å². The molecule has 0 atom stereocenters. The Hall–Kier alpha value is -1.13. The normalized spacial score (nSPS) is 10.2. The maximum Gasteiger partial charge on any atom is 0.345 e. The second-order valence-corrected chi connectivity index (χ2v) is 4.84. The molecule has 0 bridgehead atoms. The highest BCUT2D eigenvalue weighted by atomic mass is 79.9. The molecule has 0 aliphatic heterocycles. The number of carboxylic acids is 1. The molecule has 2 nitrogen and oxygen atoms in total. The van der Waals surface area contributed by atoms with Gasteiger partial charge in [-0.25, -0.2) is 4.79 Å². The van der Waals surface area contributed by atoms with Crippen molar-refractivity contribution in [2.45, 2.75) is 0 Å². The number of rotatable bonds is 2. The molecule has 1 heterocycles. The number of carbonyl (C=O) groups is 1. The Morgan fingerprint density at radius 1 is 1.27 bits per heavy atom. The Kier molecular flexibility index (Phi) is 2.88. The van der Waals surface area contributed by atoms with Gasteiger partial charge < -0.3 is 5.11 Å². The Balaban J connectivity index is 2.41. The fourth-order valence-electron chi connectivity index (χ4n) is 1.27. The van der Waals surface area contributed by atoms with E-state index in [0.717, 1.165) is 15.6 Å². The fraction of sp³-hybridized carbons (Fsp3) is 0. The molecule has 1 aromatic heterocycles. The summed E-state index contributed by atoms with van der Waals surface area (Å²) in [5.74, 6) is -0.874. The molecule has 2 aromatic rings. The molecule has 76 valence electrons. The number of aromatic carboxylic acids is 1. The van der Waals surface area contributed by atoms with E-state index in [0.29, 0.717) is 4.88 Å². The maximum atomic E-state index is 10.7. The molecular weight excluding hydrogens is 276 g/mol. The van der Waals surface area contributed by atoms with Gasteiger partial charge in [0.15, 0.2) is 0 Å². The van der Waals surface area contributed by atoms with E-state index >= 15 is 0 Å². The summed E-state index contributed by atoms with van der Waals surface area (Å²) in [6.45, 7) is 0. The molecule has 0 aliphatic carbocycles. The molecule has 4 heteroatoms. The van der Waals surface area contributed by atoms with Crippen LogP contribution in [0.1, 0.15) is 9.67 Å². The number of hydrogen-bond acceptors (Lipinski definition) is 2. The highest BCUT2D eigenvalue weighted by Gasteiger charge is 2.07. The average Bonchev–Trinajstić information content (AvgIpc) is 2.66. The second kappa shape index (κ2) is 4.16. The molecule has 2 rings (SSSR count). The zero-order valence-corrected chi connectivity index (χ0v) is 10.0. The van der Waals surface area contributed by atoms with E-state index in [1.807, 2.05) is 29.6 Å². The molecule has 0 saturated carbocycles. The molecule has 0 aliphatic rings. The summed E-state index contributed by atoms with van der Waals surface area (Å²) < 4.78 is 0.989. The van der Waals surface area contributed by atoms with Crippen LogP contribution in [-0.4, -0.2) is 11.1 Å². The van der Waals surface area contributed by atoms with Crippen LogP contribution < -0.4 is 0 Å². The highest BCUT2D eigenvalue weighted by molar-refractivity contribution is 9.10. The van der Waals surface area contributed by atoms with Crippen LogP contribution in [0.15, 0.2) is 40.2 Å². The van der Waals surface area contributed by atoms with Crippen molar-refractivity contribution in [1.29, 1.82) is 0 Å². The summed E-state index contributed by atoms with van der Waals surface area (Å²) in [5, 5.41) is 10.7. The molecule has 1 N–H and O–H groups in total. The number of halogens is 1. The number of carboxylic acid groups (broad SMARTS) is 1. The first kappa shape index (κ1) is 10.4. The zero-order valence-electron chi connectivity index (χ0n) is 7.61. The van der Waals surface area contributed by atoms with Crippen molar-refractivity contribution in [3.8, 4) is 11.1 Å². The van der Waals surface area contributed by atoms with Gasteiger partial charge in [-0.3, -0.25) is 0 Å². The SMILES string of the molecule is O=C(O)c1cc(-c2cccc(Br)c2)cs1. The van der Waals surface area contributed by atoms with Gasteiger partial charge in [0.2, 0.25) is 0 Å². The lowest BCUT2D eigenvalue weighted by Gasteiger charge is -1.97. The summed E-state index contributed by atoms with van der Waals surface area (Å²) in [4.78, 5) is 11.1. The van der Waals surface area contributed by atoms with Gasteiger partial charge in [0.25, 0.3) is 0 Å². The zero-order chi connectivity index (χ0) is 10.8. The largest absolute Gasteiger partial charge is 0.477 e. The summed E-state index contributed by atoms with van der Waals surface area (Å²) >= 11 is 4.63. The first-order valence-corrected chi connectivity index (χ1v) is 5.92. The molecule has 0 fully saturated rings. The standard InChI is InChI=1S/C11H7BrO2S/c12-9-3-1-2-7(4-9)8-5-10(11(13)14)15-6-8/h1-6H,(H,13,14). The molecule has 0 spiro atoms. The minimum absolute atomic E-state index is 0.366. The summed E-state index contributed by atoms with van der Waals surface area (Å²) in [6, 6.07) is 9.48. The van der Waals surface area contributed by atoms with Crippen LogP contribution in [0.4, 0.5) is 0 Å². The summed E-state index contributed by atoms with van der Waals surface area (Å²) in [7, 11) is 0. The van der Waals surface area contributed by atoms with Crippen molar-refractivity contribution in [3.63, 3.8) is 0 Å². The molecule has 1 aromatic carbocycles. The minimum atomic E-state index is -0.874. The molecule has 0 saturated heterocycles. The van der Waals surface area contributed by atoms with Crippen molar-refractivity contribution >= 4 is 33.2 Å². The first-order valence-electron chi connectivity index (χ1n) is 4.24. The maximum absolute atomic E-state index is 10.7. The van der Waals surface area contributed by atoms with Crippen molar-refractivity contribution in [1.82, 2.24) is 0 Å². The van der Waals surface area contributed by atoms with Crippen molar-refractivity contribution in [2.75, 3.05) is 0 Å². The lowest BCUT2D eigenvalue weighted by Crippen LogP contribution is -1.89. The quantitative estimate of drug-likeness (QED) is 0.908. The van der Waals surface area contributed by atoms with Crippen LogP contribution in [0.3, 0.4) is 0 Å². The van der Waals surface area contributed by atoms with Gasteiger partial charge in [-0.15, -0.1) is 11.3 Å². The third-order valence-corrected chi connectivity index (χ3v) is 3.38. The minimum Gasteiger partial charge on any atom is -0.477 e. The third kappa shape index (κ3) is 2.27. The van der Waals surface area contributed by atoms with Gasteiger partial charge in [0, 0.05) is 4.47 Å². The lowest BCUT2D eigenvalue weighted by atomic mass is 10.1. The van der Waals surface area contributed by atoms with Crippen LogP contribution >= 0.6 is 27.3 Å². The van der Waals surface area contributed by atoms with Gasteiger partial charge in [-0.1, -0.05) is 28.1 Å². The third-order valence-electron chi connectivity index (χ3n) is 1.97. The van der Waals surface area contributed by atoms with E-state index < -0.39 is 5.97 Å². The smallest absolute Gasteiger partial charge is 0.345 e. The molecular formula is C11H7BrO2S. The predicted molar refractivity (Wildman–Crippen MR) is 64.4 cm³/mol. The highest BCUT2D eigenvalue weighted by Crippen LogP contribution is 2.27. The monoisotopic (exact) mass is 282 g/mol.